The molecule has 0 saturated heterocycles. The molecule has 178 valence electrons. The van der Waals surface area contributed by atoms with Gasteiger partial charge in [0.15, 0.2) is 0 Å². The van der Waals surface area contributed by atoms with Gasteiger partial charge in [0.25, 0.3) is 15.9 Å². The Morgan fingerprint density at radius 2 is 1.79 bits per heavy atom. The molecule has 3 aromatic rings. The van der Waals surface area contributed by atoms with Gasteiger partial charge in [-0.05, 0) is 56.3 Å². The normalized spacial score (nSPS) is 11.7. The van der Waals surface area contributed by atoms with E-state index >= 15 is 0 Å². The van der Waals surface area contributed by atoms with Gasteiger partial charge in [0, 0.05) is 10.6 Å². The van der Waals surface area contributed by atoms with Gasteiger partial charge in [-0.1, -0.05) is 41.4 Å². The van der Waals surface area contributed by atoms with Crippen LogP contribution < -0.4 is 14.5 Å². The Bertz CT molecular complexity index is 1320. The number of para-hydroxylation sites is 1. The number of carbonyl (C=O) groups is 1. The molecule has 8 nitrogen and oxygen atoms in total. The van der Waals surface area contributed by atoms with E-state index < -0.39 is 22.5 Å². The number of phenolic OH excluding ortho intramolecular Hbond substituents is 1. The van der Waals surface area contributed by atoms with E-state index in [2.05, 4.69) is 10.5 Å². The number of phenols is 1. The molecule has 0 aliphatic heterocycles. The molecule has 0 aromatic heterocycles. The number of methoxy groups -OCH3 is 1. The van der Waals surface area contributed by atoms with Crippen molar-refractivity contribution in [1.82, 2.24) is 5.43 Å². The van der Waals surface area contributed by atoms with Crippen LogP contribution in [0.1, 0.15) is 18.1 Å². The molecule has 0 heterocycles. The highest BCUT2D eigenvalue weighted by molar-refractivity contribution is 7.92. The molecule has 1 amide bonds. The molecule has 0 atom stereocenters. The number of benzene rings is 3. The summed E-state index contributed by atoms with van der Waals surface area (Å²) in [6, 6.07) is 17.3. The van der Waals surface area contributed by atoms with Crippen LogP contribution in [0.15, 0.2) is 76.7 Å². The second-order valence-corrected chi connectivity index (χ2v) is 9.69. The largest absolute Gasteiger partial charge is 0.507 e. The quantitative estimate of drug-likeness (QED) is 0.357. The number of amides is 1. The zero-order chi connectivity index (χ0) is 24.9. The van der Waals surface area contributed by atoms with Gasteiger partial charge in [-0.3, -0.25) is 9.10 Å². The van der Waals surface area contributed by atoms with Gasteiger partial charge in [0.05, 0.1) is 23.4 Å². The Morgan fingerprint density at radius 3 is 2.44 bits per heavy atom. The lowest BCUT2D eigenvalue weighted by molar-refractivity contribution is -0.119. The van der Waals surface area contributed by atoms with Gasteiger partial charge in [-0.2, -0.15) is 5.10 Å². The topological polar surface area (TPSA) is 108 Å². The monoisotopic (exact) mass is 501 g/mol. The second-order valence-electron chi connectivity index (χ2n) is 7.39. The molecule has 3 aromatic carbocycles. The van der Waals surface area contributed by atoms with E-state index in [0.717, 1.165) is 9.87 Å². The van der Waals surface area contributed by atoms with Gasteiger partial charge in [0.2, 0.25) is 0 Å². The fourth-order valence-electron chi connectivity index (χ4n) is 3.15. The van der Waals surface area contributed by atoms with Crippen LogP contribution in [0.2, 0.25) is 5.02 Å². The molecule has 34 heavy (non-hydrogen) atoms. The van der Waals surface area contributed by atoms with Crippen LogP contribution in [-0.2, 0) is 14.8 Å². The third-order valence-electron chi connectivity index (χ3n) is 4.95. The molecular weight excluding hydrogens is 478 g/mol. The van der Waals surface area contributed by atoms with Crippen molar-refractivity contribution in [1.29, 1.82) is 0 Å². The molecule has 2 N–H and O–H groups in total. The van der Waals surface area contributed by atoms with Crippen molar-refractivity contribution in [3.05, 3.63) is 82.9 Å². The van der Waals surface area contributed by atoms with Gasteiger partial charge < -0.3 is 9.84 Å². The van der Waals surface area contributed by atoms with E-state index in [1.807, 2.05) is 6.92 Å². The summed E-state index contributed by atoms with van der Waals surface area (Å²) < 4.78 is 33.3. The molecule has 0 unspecified atom stereocenters. The molecule has 0 spiro atoms. The van der Waals surface area contributed by atoms with Crippen LogP contribution in [0, 0.1) is 6.92 Å². The first-order valence-electron chi connectivity index (χ1n) is 10.2. The number of hydrogen-bond donors (Lipinski definition) is 2. The maximum Gasteiger partial charge on any atom is 0.264 e. The van der Waals surface area contributed by atoms with Crippen molar-refractivity contribution >= 4 is 38.9 Å². The van der Waals surface area contributed by atoms with Crippen molar-refractivity contribution in [2.24, 2.45) is 5.10 Å². The average Bonchev–Trinajstić information content (AvgIpc) is 2.81. The molecule has 0 aliphatic rings. The Kier molecular flexibility index (Phi) is 7.80. The van der Waals surface area contributed by atoms with Crippen molar-refractivity contribution in [2.75, 3.05) is 18.0 Å². The number of aryl methyl sites for hydroxylation is 1. The van der Waals surface area contributed by atoms with E-state index in [4.69, 9.17) is 16.3 Å². The van der Waals surface area contributed by atoms with Crippen LogP contribution in [0.3, 0.4) is 0 Å². The van der Waals surface area contributed by atoms with Crippen molar-refractivity contribution in [3.63, 3.8) is 0 Å². The maximum absolute atomic E-state index is 13.5. The van der Waals surface area contributed by atoms with Crippen LogP contribution in [0.4, 0.5) is 5.69 Å². The van der Waals surface area contributed by atoms with E-state index in [0.29, 0.717) is 11.3 Å². The smallest absolute Gasteiger partial charge is 0.264 e. The summed E-state index contributed by atoms with van der Waals surface area (Å²) in [5.74, 6) is -0.473. The zero-order valence-corrected chi connectivity index (χ0v) is 20.4. The molecule has 0 radical (unpaired) electrons. The molecule has 0 aliphatic carbocycles. The third-order valence-corrected chi connectivity index (χ3v) is 6.96. The number of nitrogens with one attached hydrogen (secondary N) is 1. The van der Waals surface area contributed by atoms with Crippen LogP contribution in [0.5, 0.6) is 11.5 Å². The summed E-state index contributed by atoms with van der Waals surface area (Å²) in [6.45, 7) is 2.85. The first kappa shape index (κ1) is 25.1. The molecule has 0 bridgehead atoms. The van der Waals surface area contributed by atoms with E-state index in [1.54, 1.807) is 43.3 Å². The predicted molar refractivity (Wildman–Crippen MR) is 132 cm³/mol. The Balaban J connectivity index is 1.97. The lowest BCUT2D eigenvalue weighted by Gasteiger charge is -2.25. The first-order valence-corrected chi connectivity index (χ1v) is 12.0. The number of aromatic hydroxyl groups is 1. The lowest BCUT2D eigenvalue weighted by atomic mass is 10.1. The number of nitrogens with zero attached hydrogens (tertiary/aromatic N) is 2. The number of hydrazone groups is 1. The van der Waals surface area contributed by atoms with Crippen LogP contribution in [-0.4, -0.2) is 38.8 Å². The zero-order valence-electron chi connectivity index (χ0n) is 18.8. The Labute approximate surface area is 203 Å². The number of hydrogen-bond acceptors (Lipinski definition) is 6. The Hall–Kier alpha value is -3.56. The SMILES string of the molecule is COc1ccc(Cl)cc1N(CC(=O)N/N=C(/C)c1ccccc1O)S(=O)(=O)c1ccc(C)cc1. The average molecular weight is 502 g/mol. The number of ether oxygens (including phenoxy) is 1. The molecule has 0 fully saturated rings. The summed E-state index contributed by atoms with van der Waals surface area (Å²) in [5.41, 5.74) is 4.12. The van der Waals surface area contributed by atoms with E-state index in [9.17, 15) is 18.3 Å². The Morgan fingerprint density at radius 1 is 1.12 bits per heavy atom. The predicted octanol–water partition coefficient (Wildman–Crippen LogP) is 4.10. The molecular formula is C24H24ClN3O5S. The number of anilines is 1. The van der Waals surface area contributed by atoms with Crippen molar-refractivity contribution in [3.8, 4) is 11.5 Å². The van der Waals surface area contributed by atoms with Gasteiger partial charge in [0.1, 0.15) is 18.0 Å². The third kappa shape index (κ3) is 5.67. The summed E-state index contributed by atoms with van der Waals surface area (Å²) in [4.78, 5) is 12.8. The fourth-order valence-corrected chi connectivity index (χ4v) is 4.74. The standard InChI is InChI=1S/C24H24ClN3O5S/c1-16-8-11-19(12-9-16)34(31,32)28(21-14-18(25)10-13-23(21)33-3)15-24(30)27-26-17(2)20-6-4-5-7-22(20)29/h4-14,29H,15H2,1-3H3,(H,27,30)/b26-17-. The molecule has 10 heteroatoms. The van der Waals surface area contributed by atoms with Gasteiger partial charge in [-0.15, -0.1) is 0 Å². The van der Waals surface area contributed by atoms with Crippen LogP contribution >= 0.6 is 11.6 Å². The highest BCUT2D eigenvalue weighted by Crippen LogP contribution is 2.34. The van der Waals surface area contributed by atoms with Gasteiger partial charge in [-0.25, -0.2) is 13.8 Å². The summed E-state index contributed by atoms with van der Waals surface area (Å²) in [5, 5.41) is 14.2. The molecule has 0 saturated carbocycles. The summed E-state index contributed by atoms with van der Waals surface area (Å²) in [6.07, 6.45) is 0. The van der Waals surface area contributed by atoms with Crippen molar-refractivity contribution < 1.29 is 23.1 Å². The molecule has 3 rings (SSSR count). The van der Waals surface area contributed by atoms with Gasteiger partial charge >= 0.3 is 0 Å². The number of carbonyl (C=O) groups excluding carboxylic acids is 1. The van der Waals surface area contributed by atoms with Crippen molar-refractivity contribution in [2.45, 2.75) is 18.7 Å². The minimum Gasteiger partial charge on any atom is -0.507 e. The fraction of sp³-hybridized carbons (Fsp3) is 0.167. The maximum atomic E-state index is 13.5. The lowest BCUT2D eigenvalue weighted by Crippen LogP contribution is -2.40. The number of sulfonamides is 1. The highest BCUT2D eigenvalue weighted by Gasteiger charge is 2.29. The number of rotatable bonds is 8. The highest BCUT2D eigenvalue weighted by atomic mass is 35.5. The van der Waals surface area contributed by atoms with E-state index in [1.165, 1.54) is 37.4 Å². The minimum absolute atomic E-state index is 0.00168. The first-order chi connectivity index (χ1) is 16.1. The second kappa shape index (κ2) is 10.6. The van der Waals surface area contributed by atoms with Crippen LogP contribution in [0.25, 0.3) is 0 Å². The summed E-state index contributed by atoms with van der Waals surface area (Å²) >= 11 is 6.13. The summed E-state index contributed by atoms with van der Waals surface area (Å²) in [7, 11) is -2.78. The number of halogens is 1. The minimum atomic E-state index is -4.17. The van der Waals surface area contributed by atoms with E-state index in [-0.39, 0.29) is 27.1 Å².